The molecule has 16 heavy (non-hydrogen) atoms. The van der Waals surface area contributed by atoms with Gasteiger partial charge in [0, 0.05) is 12.3 Å². The van der Waals surface area contributed by atoms with Crippen LogP contribution < -0.4 is 5.69 Å². The van der Waals surface area contributed by atoms with Gasteiger partial charge in [-0.2, -0.15) is 4.68 Å². The SMILES string of the molecule is [2H]c1c([2H])c([2H])c(-n2nc3ccncn3c2=O)c([2H])c1[2H]. The minimum atomic E-state index is -0.656. The van der Waals surface area contributed by atoms with Gasteiger partial charge in [-0.05, 0) is 12.1 Å². The smallest absolute Gasteiger partial charge is 0.246 e. The number of aromatic nitrogens is 4. The third-order valence-corrected chi connectivity index (χ3v) is 2.03. The number of hydrogen-bond acceptors (Lipinski definition) is 3. The van der Waals surface area contributed by atoms with Gasteiger partial charge >= 0.3 is 5.69 Å². The first-order chi connectivity index (χ1) is 9.93. The van der Waals surface area contributed by atoms with Gasteiger partial charge in [0.05, 0.1) is 12.5 Å². The van der Waals surface area contributed by atoms with E-state index in [4.69, 9.17) is 6.85 Å². The summed E-state index contributed by atoms with van der Waals surface area (Å²) in [6, 6.07) is -1.06. The van der Waals surface area contributed by atoms with E-state index in [-0.39, 0.29) is 11.3 Å². The lowest BCUT2D eigenvalue weighted by Gasteiger charge is -1.95. The van der Waals surface area contributed by atoms with Crippen LogP contribution in [0.25, 0.3) is 11.3 Å². The number of benzene rings is 1. The summed E-state index contributed by atoms with van der Waals surface area (Å²) >= 11 is 0. The maximum Gasteiger partial charge on any atom is 0.356 e. The predicted molar refractivity (Wildman–Crippen MR) is 58.6 cm³/mol. The van der Waals surface area contributed by atoms with E-state index in [0.29, 0.717) is 0 Å². The van der Waals surface area contributed by atoms with E-state index >= 15 is 0 Å². The molecular weight excluding hydrogens is 204 g/mol. The maximum atomic E-state index is 12.2. The van der Waals surface area contributed by atoms with Crippen LogP contribution in [0.5, 0.6) is 0 Å². The summed E-state index contributed by atoms with van der Waals surface area (Å²) in [6.45, 7) is 0. The lowest BCUT2D eigenvalue weighted by atomic mass is 10.3. The molecule has 0 N–H and O–H groups in total. The van der Waals surface area contributed by atoms with Crippen molar-refractivity contribution in [1.29, 1.82) is 0 Å². The summed E-state index contributed by atoms with van der Waals surface area (Å²) in [7, 11) is 0. The summed E-state index contributed by atoms with van der Waals surface area (Å²) in [5.74, 6) is 0. The Balaban J connectivity index is 2.44. The van der Waals surface area contributed by atoms with E-state index in [1.807, 2.05) is 0 Å². The van der Waals surface area contributed by atoms with Crippen LogP contribution in [0.1, 0.15) is 6.85 Å². The van der Waals surface area contributed by atoms with Crippen molar-refractivity contribution in [2.75, 3.05) is 0 Å². The minimum Gasteiger partial charge on any atom is -0.246 e. The van der Waals surface area contributed by atoms with Gasteiger partial charge < -0.3 is 0 Å². The van der Waals surface area contributed by atoms with Crippen LogP contribution in [-0.4, -0.2) is 19.2 Å². The molecule has 0 saturated heterocycles. The highest BCUT2D eigenvalue weighted by Gasteiger charge is 2.06. The summed E-state index contributed by atoms with van der Waals surface area (Å²) < 4.78 is 40.4. The minimum absolute atomic E-state index is 0.266. The van der Waals surface area contributed by atoms with Gasteiger partial charge in [0.2, 0.25) is 0 Å². The summed E-state index contributed by atoms with van der Waals surface area (Å²) in [5, 5.41) is 3.98. The fourth-order valence-electron chi connectivity index (χ4n) is 1.33. The molecule has 2 aromatic heterocycles. The molecule has 0 unspecified atom stereocenters. The third kappa shape index (κ3) is 1.22. The monoisotopic (exact) mass is 217 g/mol. The lowest BCUT2D eigenvalue weighted by Crippen LogP contribution is -2.19. The average Bonchev–Trinajstić information content (AvgIpc) is 2.81. The van der Waals surface area contributed by atoms with Crippen molar-refractivity contribution in [3.05, 3.63) is 59.3 Å². The molecular formula is C11H8N4O. The second-order valence-corrected chi connectivity index (χ2v) is 2.98. The molecule has 0 saturated carbocycles. The average molecular weight is 217 g/mol. The van der Waals surface area contributed by atoms with Crippen LogP contribution in [-0.2, 0) is 0 Å². The molecule has 0 radical (unpaired) electrons. The van der Waals surface area contributed by atoms with E-state index in [9.17, 15) is 4.79 Å². The standard InChI is InChI=1S/C11H8N4O/c16-11-14-8-12-7-6-10(14)13-15(11)9-4-2-1-3-5-9/h1-8H/i1D,2D,3D,4D,5D. The van der Waals surface area contributed by atoms with E-state index in [1.165, 1.54) is 18.6 Å². The Bertz CT molecular complexity index is 903. The molecule has 5 heteroatoms. The fourth-order valence-corrected chi connectivity index (χ4v) is 1.33. The molecule has 0 fully saturated rings. The van der Waals surface area contributed by atoms with Crippen molar-refractivity contribution in [3.8, 4) is 5.69 Å². The van der Waals surface area contributed by atoms with Crippen LogP contribution in [0.2, 0.25) is 0 Å². The molecule has 3 rings (SSSR count). The van der Waals surface area contributed by atoms with Gasteiger partial charge in [-0.3, -0.25) is 0 Å². The fraction of sp³-hybridized carbons (Fsp3) is 0. The van der Waals surface area contributed by atoms with Gasteiger partial charge in [-0.15, -0.1) is 5.10 Å². The topological polar surface area (TPSA) is 52.2 Å². The Hall–Kier alpha value is -2.43. The van der Waals surface area contributed by atoms with E-state index in [1.54, 1.807) is 0 Å². The Morgan fingerprint density at radius 2 is 2.06 bits per heavy atom. The quantitative estimate of drug-likeness (QED) is 0.608. The summed E-state index contributed by atoms with van der Waals surface area (Å²) in [4.78, 5) is 16.0. The van der Waals surface area contributed by atoms with E-state index < -0.39 is 35.9 Å². The Labute approximate surface area is 97.6 Å². The molecule has 5 nitrogen and oxygen atoms in total. The molecule has 0 amide bonds. The van der Waals surface area contributed by atoms with Crippen LogP contribution in [0, 0.1) is 0 Å². The number of rotatable bonds is 1. The molecule has 0 aliphatic carbocycles. The zero-order valence-electron chi connectivity index (χ0n) is 12.9. The molecule has 3 aromatic rings. The summed E-state index contributed by atoms with van der Waals surface area (Å²) in [6.07, 6.45) is 2.69. The second kappa shape index (κ2) is 3.30. The van der Waals surface area contributed by atoms with Crippen molar-refractivity contribution in [2.24, 2.45) is 0 Å². The van der Waals surface area contributed by atoms with Crippen molar-refractivity contribution in [3.63, 3.8) is 0 Å². The largest absolute Gasteiger partial charge is 0.356 e. The van der Waals surface area contributed by atoms with Crippen molar-refractivity contribution in [2.45, 2.75) is 0 Å². The van der Waals surface area contributed by atoms with Gasteiger partial charge in [-0.1, -0.05) is 18.1 Å². The summed E-state index contributed by atoms with van der Waals surface area (Å²) in [5.41, 5.74) is -0.673. The highest BCUT2D eigenvalue weighted by molar-refractivity contribution is 5.38. The van der Waals surface area contributed by atoms with Crippen molar-refractivity contribution < 1.29 is 6.85 Å². The van der Waals surface area contributed by atoms with Crippen molar-refractivity contribution in [1.82, 2.24) is 19.2 Å². The van der Waals surface area contributed by atoms with E-state index in [2.05, 4.69) is 10.1 Å². The van der Waals surface area contributed by atoms with Gasteiger partial charge in [0.1, 0.15) is 6.33 Å². The zero-order valence-corrected chi connectivity index (χ0v) is 7.93. The maximum absolute atomic E-state index is 12.2. The Morgan fingerprint density at radius 3 is 2.81 bits per heavy atom. The molecule has 0 spiro atoms. The Morgan fingerprint density at radius 1 is 1.25 bits per heavy atom. The van der Waals surface area contributed by atoms with Crippen molar-refractivity contribution >= 4 is 5.65 Å². The first-order valence-corrected chi connectivity index (χ1v) is 4.42. The van der Waals surface area contributed by atoms with Gasteiger partial charge in [-0.25, -0.2) is 14.2 Å². The second-order valence-electron chi connectivity index (χ2n) is 2.98. The number of nitrogens with zero attached hydrogens (tertiary/aromatic N) is 4. The molecule has 2 heterocycles. The first-order valence-electron chi connectivity index (χ1n) is 6.92. The molecule has 0 aliphatic heterocycles. The lowest BCUT2D eigenvalue weighted by molar-refractivity contribution is 0.836. The van der Waals surface area contributed by atoms with Gasteiger partial charge in [0.15, 0.2) is 5.65 Å². The predicted octanol–water partition coefficient (Wildman–Crippen LogP) is 0.880. The zero-order chi connectivity index (χ0) is 15.3. The molecule has 78 valence electrons. The van der Waals surface area contributed by atoms with Crippen LogP contribution in [0.4, 0.5) is 0 Å². The molecule has 0 bridgehead atoms. The van der Waals surface area contributed by atoms with Crippen LogP contribution in [0.15, 0.2) is 53.6 Å². The Kier molecular flexibility index (Phi) is 1.05. The molecule has 0 aliphatic rings. The van der Waals surface area contributed by atoms with Gasteiger partial charge in [0.25, 0.3) is 0 Å². The molecule has 1 aromatic carbocycles. The molecule has 0 atom stereocenters. The highest BCUT2D eigenvalue weighted by atomic mass is 16.2. The third-order valence-electron chi connectivity index (χ3n) is 2.03. The normalized spacial score (nSPS) is 15.1. The van der Waals surface area contributed by atoms with Crippen LogP contribution in [0.3, 0.4) is 0 Å². The number of para-hydroxylation sites is 1. The van der Waals surface area contributed by atoms with Crippen LogP contribution >= 0.6 is 0 Å². The highest BCUT2D eigenvalue weighted by Crippen LogP contribution is 2.03. The number of hydrogen-bond donors (Lipinski definition) is 0. The first kappa shape index (κ1) is 5.07. The van der Waals surface area contributed by atoms with E-state index in [0.717, 1.165) is 9.08 Å². The number of fused-ring (bicyclic) bond motifs is 1.